The fourth-order valence-electron chi connectivity index (χ4n) is 1.64. The average Bonchev–Trinajstić information content (AvgIpc) is 2.38. The Balaban J connectivity index is 2.09. The molecule has 0 spiro atoms. The largest absolute Gasteiger partial charge is 0.351 e. The molecule has 0 saturated heterocycles. The number of hydrogen-bond acceptors (Lipinski definition) is 4. The smallest absolute Gasteiger partial charge is 0.271 e. The molecule has 1 rings (SSSR count). The summed E-state index contributed by atoms with van der Waals surface area (Å²) in [7, 11) is 4.17. The number of nitrogens with zero attached hydrogens (tertiary/aromatic N) is 3. The van der Waals surface area contributed by atoms with Crippen LogP contribution in [-0.4, -0.2) is 48.2 Å². The number of nitrogens with one attached hydrogen (secondary N) is 1. The Morgan fingerprint density at radius 3 is 2.58 bits per heavy atom. The number of carbonyl (C=O) groups is 1. The van der Waals surface area contributed by atoms with Crippen molar-refractivity contribution in [2.45, 2.75) is 25.7 Å². The van der Waals surface area contributed by atoms with Crippen LogP contribution in [0.3, 0.4) is 0 Å². The monoisotopic (exact) mass is 372 g/mol. The second-order valence-corrected chi connectivity index (χ2v) is 5.82. The Bertz CT molecular complexity index is 381. The fourth-order valence-corrected chi connectivity index (χ4v) is 1.92. The molecule has 1 aromatic rings. The van der Waals surface area contributed by atoms with Crippen LogP contribution in [0.1, 0.15) is 36.2 Å². The van der Waals surface area contributed by atoms with Crippen LogP contribution in [-0.2, 0) is 0 Å². The van der Waals surface area contributed by atoms with E-state index in [2.05, 4.69) is 57.1 Å². The van der Waals surface area contributed by atoms with Crippen LogP contribution in [0.25, 0.3) is 0 Å². The van der Waals surface area contributed by atoms with Crippen LogP contribution >= 0.6 is 22.6 Å². The summed E-state index contributed by atoms with van der Waals surface area (Å²) in [6.07, 6.45) is 4.57. The minimum Gasteiger partial charge on any atom is -0.351 e. The zero-order valence-electron chi connectivity index (χ0n) is 11.5. The average molecular weight is 372 g/mol. The van der Waals surface area contributed by atoms with E-state index in [1.54, 1.807) is 12.1 Å². The number of carbonyl (C=O) groups excluding carboxylic acids is 1. The van der Waals surface area contributed by atoms with Gasteiger partial charge in [-0.2, -0.15) is 0 Å². The van der Waals surface area contributed by atoms with E-state index in [0.717, 1.165) is 23.1 Å². The normalized spacial score (nSPS) is 10.7. The van der Waals surface area contributed by atoms with Crippen LogP contribution < -0.4 is 5.32 Å². The predicted octanol–water partition coefficient (Wildman–Crippen LogP) is 1.93. The third-order valence-electron chi connectivity index (χ3n) is 2.68. The standard InChI is InChI=1S/C13H21IN4O/c1-18(2)10-6-4-3-5-9-15-13(19)11-7-8-12(14)17-16-11/h7-8H,3-6,9-10H2,1-2H3,(H,15,19)/i14-4. The molecule has 0 aliphatic carbocycles. The third-order valence-corrected chi connectivity index (χ3v) is 3.26. The van der Waals surface area contributed by atoms with Crippen molar-refractivity contribution in [1.82, 2.24) is 20.4 Å². The van der Waals surface area contributed by atoms with Crippen molar-refractivity contribution in [2.24, 2.45) is 0 Å². The summed E-state index contributed by atoms with van der Waals surface area (Å²) in [5.74, 6) is -0.141. The molecule has 0 unspecified atom stereocenters. The van der Waals surface area contributed by atoms with Gasteiger partial charge in [0.05, 0.1) is 0 Å². The van der Waals surface area contributed by atoms with Gasteiger partial charge < -0.3 is 10.2 Å². The zero-order valence-corrected chi connectivity index (χ0v) is 13.7. The summed E-state index contributed by atoms with van der Waals surface area (Å²) >= 11 is 2.06. The molecule has 0 radical (unpaired) electrons. The molecule has 106 valence electrons. The summed E-state index contributed by atoms with van der Waals surface area (Å²) in [6, 6.07) is 3.48. The van der Waals surface area contributed by atoms with E-state index < -0.39 is 0 Å². The fraction of sp³-hybridized carbons (Fsp3) is 0.615. The molecule has 0 aromatic carbocycles. The molecule has 1 heterocycles. The molecular formula is C13H21IN4O. The van der Waals surface area contributed by atoms with E-state index in [9.17, 15) is 4.79 Å². The van der Waals surface area contributed by atoms with E-state index in [4.69, 9.17) is 0 Å². The SMILES string of the molecule is CN(C)CCCCCCNC(=O)c1ccc([123I])nn1. The van der Waals surface area contributed by atoms with Crippen molar-refractivity contribution < 1.29 is 4.79 Å². The number of amides is 1. The maximum atomic E-state index is 11.7. The summed E-state index contributed by atoms with van der Waals surface area (Å²) < 4.78 is 0.787. The van der Waals surface area contributed by atoms with Gasteiger partial charge in [0.1, 0.15) is 3.70 Å². The van der Waals surface area contributed by atoms with Crippen LogP contribution in [0.4, 0.5) is 0 Å². The molecular weight excluding hydrogens is 351 g/mol. The highest BCUT2D eigenvalue weighted by atomic mass is 123. The van der Waals surface area contributed by atoms with Crippen molar-refractivity contribution in [3.05, 3.63) is 21.5 Å². The lowest BCUT2D eigenvalue weighted by Crippen LogP contribution is -2.25. The molecule has 0 fully saturated rings. The molecule has 0 saturated carbocycles. The van der Waals surface area contributed by atoms with Crippen molar-refractivity contribution in [3.63, 3.8) is 0 Å². The van der Waals surface area contributed by atoms with E-state index in [1.807, 2.05) is 0 Å². The van der Waals surface area contributed by atoms with E-state index in [0.29, 0.717) is 12.2 Å². The van der Waals surface area contributed by atoms with Crippen LogP contribution in [0, 0.1) is 3.70 Å². The Labute approximate surface area is 128 Å². The van der Waals surface area contributed by atoms with Gasteiger partial charge in [-0.25, -0.2) is 0 Å². The molecule has 1 amide bonds. The van der Waals surface area contributed by atoms with Crippen LogP contribution in [0.15, 0.2) is 12.1 Å². The number of halogens is 1. The van der Waals surface area contributed by atoms with Gasteiger partial charge in [0.2, 0.25) is 0 Å². The molecule has 0 aliphatic rings. The Kier molecular flexibility index (Phi) is 7.88. The van der Waals surface area contributed by atoms with Crippen LogP contribution in [0.2, 0.25) is 0 Å². The topological polar surface area (TPSA) is 58.1 Å². The molecule has 0 atom stereocenters. The van der Waals surface area contributed by atoms with Gasteiger partial charge in [-0.05, 0) is 68.2 Å². The maximum Gasteiger partial charge on any atom is 0.271 e. The number of aromatic nitrogens is 2. The third kappa shape index (κ3) is 7.41. The Morgan fingerprint density at radius 1 is 1.21 bits per heavy atom. The van der Waals surface area contributed by atoms with Crippen molar-refractivity contribution in [3.8, 4) is 0 Å². The summed E-state index contributed by atoms with van der Waals surface area (Å²) in [6.45, 7) is 1.83. The highest BCUT2D eigenvalue weighted by Gasteiger charge is 2.06. The second-order valence-electron chi connectivity index (χ2n) is 4.71. The minimum atomic E-state index is -0.141. The first kappa shape index (κ1) is 16.3. The van der Waals surface area contributed by atoms with Gasteiger partial charge in [-0.1, -0.05) is 12.8 Å². The molecule has 19 heavy (non-hydrogen) atoms. The minimum absolute atomic E-state index is 0.141. The van der Waals surface area contributed by atoms with Gasteiger partial charge in [-0.15, -0.1) is 10.2 Å². The number of hydrogen-bond donors (Lipinski definition) is 1. The Hall–Kier alpha value is -0.760. The van der Waals surface area contributed by atoms with Crippen molar-refractivity contribution in [1.29, 1.82) is 0 Å². The Morgan fingerprint density at radius 2 is 1.95 bits per heavy atom. The molecule has 5 nitrogen and oxygen atoms in total. The molecule has 6 heteroatoms. The van der Waals surface area contributed by atoms with E-state index in [1.165, 1.54) is 12.8 Å². The predicted molar refractivity (Wildman–Crippen MR) is 84.1 cm³/mol. The zero-order chi connectivity index (χ0) is 14.1. The maximum absolute atomic E-state index is 11.7. The molecule has 1 N–H and O–H groups in total. The summed E-state index contributed by atoms with van der Waals surface area (Å²) in [4.78, 5) is 13.9. The van der Waals surface area contributed by atoms with Crippen molar-refractivity contribution >= 4 is 28.5 Å². The van der Waals surface area contributed by atoms with Crippen molar-refractivity contribution in [2.75, 3.05) is 27.2 Å². The summed E-state index contributed by atoms with van der Waals surface area (Å²) in [5.41, 5.74) is 0.382. The lowest BCUT2D eigenvalue weighted by atomic mass is 10.2. The first-order chi connectivity index (χ1) is 9.09. The number of unbranched alkanes of at least 4 members (excludes halogenated alkanes) is 3. The van der Waals surface area contributed by atoms with E-state index in [-0.39, 0.29) is 5.91 Å². The van der Waals surface area contributed by atoms with Gasteiger partial charge >= 0.3 is 0 Å². The molecule has 1 aromatic heterocycles. The summed E-state index contributed by atoms with van der Waals surface area (Å²) in [5, 5.41) is 10.6. The lowest BCUT2D eigenvalue weighted by molar-refractivity contribution is 0.0947. The highest BCUT2D eigenvalue weighted by molar-refractivity contribution is 14.1. The lowest BCUT2D eigenvalue weighted by Gasteiger charge is -2.08. The molecule has 0 aliphatic heterocycles. The molecule has 0 bridgehead atoms. The highest BCUT2D eigenvalue weighted by Crippen LogP contribution is 2.01. The number of rotatable bonds is 8. The quantitative estimate of drug-likeness (QED) is 0.560. The van der Waals surface area contributed by atoms with Gasteiger partial charge in [-0.3, -0.25) is 4.79 Å². The second kappa shape index (κ2) is 9.19. The van der Waals surface area contributed by atoms with Gasteiger partial charge in [0.15, 0.2) is 5.69 Å². The van der Waals surface area contributed by atoms with Crippen LogP contribution in [0.5, 0.6) is 0 Å². The first-order valence-corrected chi connectivity index (χ1v) is 7.59. The first-order valence-electron chi connectivity index (χ1n) is 6.52. The van der Waals surface area contributed by atoms with Gasteiger partial charge in [0, 0.05) is 6.54 Å². The van der Waals surface area contributed by atoms with E-state index >= 15 is 0 Å². The van der Waals surface area contributed by atoms with Gasteiger partial charge in [0.25, 0.3) is 5.91 Å².